The molecule has 0 unspecified atom stereocenters. The number of alkyl halides is 1. The maximum Gasteiger partial charge on any atom is 0.219 e. The molecule has 0 aliphatic carbocycles. The average Bonchev–Trinajstić information content (AvgIpc) is 2.24. The molecule has 1 N–H and O–H groups in total. The third-order valence-corrected chi connectivity index (χ3v) is 2.66. The zero-order chi connectivity index (χ0) is 11.4. The van der Waals surface area contributed by atoms with Crippen LogP contribution in [0.25, 0.3) is 0 Å². The minimum atomic E-state index is 0.206. The van der Waals surface area contributed by atoms with Crippen LogP contribution in [0, 0.1) is 0 Å². The summed E-state index contributed by atoms with van der Waals surface area (Å²) in [7, 11) is 0. The summed E-state index contributed by atoms with van der Waals surface area (Å²) in [5.74, 6) is 0.933. The molecule has 0 aliphatic heterocycles. The fourth-order valence-corrected chi connectivity index (χ4v) is 1.61. The number of hydrogen-bond donors (Lipinski definition) is 1. The van der Waals surface area contributed by atoms with Gasteiger partial charge in [0.15, 0.2) is 0 Å². The van der Waals surface area contributed by atoms with Gasteiger partial charge in [0.2, 0.25) is 5.91 Å². The molecule has 0 aromatic rings. The van der Waals surface area contributed by atoms with E-state index in [1.54, 1.807) is 0 Å². The molecule has 15 heavy (non-hydrogen) atoms. The van der Waals surface area contributed by atoms with Crippen LogP contribution in [0.2, 0.25) is 0 Å². The van der Waals surface area contributed by atoms with Gasteiger partial charge in [-0.05, 0) is 19.3 Å². The highest BCUT2D eigenvalue weighted by Gasteiger charge is 1.99. The number of nitrogens with one attached hydrogen (secondary N) is 1. The minimum absolute atomic E-state index is 0.206. The molecular formula is C12H24ClNO. The minimum Gasteiger partial charge on any atom is -0.356 e. The van der Waals surface area contributed by atoms with E-state index in [1.807, 2.05) is 0 Å². The Morgan fingerprint density at radius 1 is 1.07 bits per heavy atom. The third kappa shape index (κ3) is 11.7. The number of rotatable bonds is 10. The van der Waals surface area contributed by atoms with Crippen LogP contribution < -0.4 is 5.32 Å². The van der Waals surface area contributed by atoms with Gasteiger partial charge in [-0.3, -0.25) is 4.79 Å². The average molecular weight is 234 g/mol. The summed E-state index contributed by atoms with van der Waals surface area (Å²) >= 11 is 5.55. The second kappa shape index (κ2) is 11.8. The van der Waals surface area contributed by atoms with E-state index in [0.29, 0.717) is 6.42 Å². The third-order valence-electron chi connectivity index (χ3n) is 2.39. The van der Waals surface area contributed by atoms with Gasteiger partial charge < -0.3 is 5.32 Å². The molecule has 0 heterocycles. The second-order valence-electron chi connectivity index (χ2n) is 3.91. The highest BCUT2D eigenvalue weighted by molar-refractivity contribution is 6.17. The van der Waals surface area contributed by atoms with Crippen LogP contribution in [-0.2, 0) is 4.79 Å². The van der Waals surface area contributed by atoms with Crippen LogP contribution >= 0.6 is 11.6 Å². The Kier molecular flexibility index (Phi) is 11.6. The zero-order valence-electron chi connectivity index (χ0n) is 9.86. The standard InChI is InChI=1S/C12H24ClNO/c1-2-3-4-6-9-12(15)14-11-8-5-7-10-13/h2-11H2,1H3,(H,14,15). The van der Waals surface area contributed by atoms with Crippen LogP contribution in [-0.4, -0.2) is 18.3 Å². The first kappa shape index (κ1) is 14.8. The molecule has 0 saturated heterocycles. The molecule has 0 rings (SSSR count). The molecule has 1 amide bonds. The monoisotopic (exact) mass is 233 g/mol. The summed E-state index contributed by atoms with van der Waals surface area (Å²) in [5.41, 5.74) is 0. The maximum absolute atomic E-state index is 11.3. The van der Waals surface area contributed by atoms with E-state index in [0.717, 1.165) is 38.1 Å². The van der Waals surface area contributed by atoms with Crippen LogP contribution in [0.3, 0.4) is 0 Å². The largest absolute Gasteiger partial charge is 0.356 e. The number of amides is 1. The van der Waals surface area contributed by atoms with Gasteiger partial charge in [0.05, 0.1) is 0 Å². The smallest absolute Gasteiger partial charge is 0.219 e. The summed E-state index contributed by atoms with van der Waals surface area (Å²) in [6.07, 6.45) is 8.57. The van der Waals surface area contributed by atoms with Crippen LogP contribution in [0.4, 0.5) is 0 Å². The molecule has 3 heteroatoms. The van der Waals surface area contributed by atoms with E-state index < -0.39 is 0 Å². The molecule has 2 nitrogen and oxygen atoms in total. The summed E-state index contributed by atoms with van der Waals surface area (Å²) in [4.78, 5) is 11.3. The number of halogens is 1. The topological polar surface area (TPSA) is 29.1 Å². The summed E-state index contributed by atoms with van der Waals surface area (Å²) in [6.45, 7) is 2.99. The second-order valence-corrected chi connectivity index (χ2v) is 4.29. The van der Waals surface area contributed by atoms with Crippen LogP contribution in [0.1, 0.15) is 58.3 Å². The Morgan fingerprint density at radius 3 is 2.47 bits per heavy atom. The van der Waals surface area contributed by atoms with Crippen molar-refractivity contribution in [1.29, 1.82) is 0 Å². The van der Waals surface area contributed by atoms with Crippen molar-refractivity contribution in [3.8, 4) is 0 Å². The molecule has 0 atom stereocenters. The molecule has 0 bridgehead atoms. The predicted octanol–water partition coefficient (Wildman–Crippen LogP) is 3.48. The van der Waals surface area contributed by atoms with Crippen molar-refractivity contribution in [3.63, 3.8) is 0 Å². The van der Waals surface area contributed by atoms with Gasteiger partial charge in [-0.2, -0.15) is 0 Å². The number of hydrogen-bond acceptors (Lipinski definition) is 1. The van der Waals surface area contributed by atoms with Crippen molar-refractivity contribution in [2.75, 3.05) is 12.4 Å². The zero-order valence-corrected chi connectivity index (χ0v) is 10.6. The van der Waals surface area contributed by atoms with Gasteiger partial charge in [0, 0.05) is 18.8 Å². The van der Waals surface area contributed by atoms with Crippen molar-refractivity contribution in [2.45, 2.75) is 58.3 Å². The summed E-state index contributed by atoms with van der Waals surface area (Å²) < 4.78 is 0. The van der Waals surface area contributed by atoms with Gasteiger partial charge in [-0.25, -0.2) is 0 Å². The van der Waals surface area contributed by atoms with Gasteiger partial charge in [0.25, 0.3) is 0 Å². The Labute approximate surface area is 98.8 Å². The summed E-state index contributed by atoms with van der Waals surface area (Å²) in [5, 5.41) is 2.94. The molecule has 0 aromatic heterocycles. The quantitative estimate of drug-likeness (QED) is 0.454. The lowest BCUT2D eigenvalue weighted by molar-refractivity contribution is -0.121. The molecule has 0 aromatic carbocycles. The molecule has 0 spiro atoms. The lowest BCUT2D eigenvalue weighted by atomic mass is 10.1. The Hall–Kier alpha value is -0.240. The van der Waals surface area contributed by atoms with Gasteiger partial charge in [-0.15, -0.1) is 11.6 Å². The molecule has 0 fully saturated rings. The van der Waals surface area contributed by atoms with Gasteiger partial charge >= 0.3 is 0 Å². The highest BCUT2D eigenvalue weighted by atomic mass is 35.5. The first-order valence-electron chi connectivity index (χ1n) is 6.14. The molecule has 90 valence electrons. The molecular weight excluding hydrogens is 210 g/mol. The first-order valence-corrected chi connectivity index (χ1v) is 6.67. The first-order chi connectivity index (χ1) is 7.31. The molecule has 0 aliphatic rings. The van der Waals surface area contributed by atoms with Crippen molar-refractivity contribution in [2.24, 2.45) is 0 Å². The van der Waals surface area contributed by atoms with Gasteiger partial charge in [-0.1, -0.05) is 32.6 Å². The number of carbonyl (C=O) groups is 1. The van der Waals surface area contributed by atoms with Crippen molar-refractivity contribution < 1.29 is 4.79 Å². The fraction of sp³-hybridized carbons (Fsp3) is 0.917. The van der Waals surface area contributed by atoms with E-state index in [9.17, 15) is 4.79 Å². The SMILES string of the molecule is CCCCCCC(=O)NCCCCCCl. The number of carbonyl (C=O) groups excluding carboxylic acids is 1. The van der Waals surface area contributed by atoms with E-state index in [2.05, 4.69) is 12.2 Å². The van der Waals surface area contributed by atoms with Gasteiger partial charge in [0.1, 0.15) is 0 Å². The normalized spacial score (nSPS) is 10.3. The molecule has 0 saturated carbocycles. The van der Waals surface area contributed by atoms with E-state index in [1.165, 1.54) is 19.3 Å². The maximum atomic E-state index is 11.3. The van der Waals surface area contributed by atoms with Crippen LogP contribution in [0.15, 0.2) is 0 Å². The Balaban J connectivity index is 3.11. The predicted molar refractivity (Wildman–Crippen MR) is 66.3 cm³/mol. The summed E-state index contributed by atoms with van der Waals surface area (Å²) in [6, 6.07) is 0. The van der Waals surface area contributed by atoms with Crippen LogP contribution in [0.5, 0.6) is 0 Å². The fourth-order valence-electron chi connectivity index (χ4n) is 1.42. The Morgan fingerprint density at radius 2 is 1.80 bits per heavy atom. The van der Waals surface area contributed by atoms with E-state index >= 15 is 0 Å². The van der Waals surface area contributed by atoms with E-state index in [4.69, 9.17) is 11.6 Å². The number of unbranched alkanes of at least 4 members (excludes halogenated alkanes) is 5. The van der Waals surface area contributed by atoms with Crippen molar-refractivity contribution >= 4 is 17.5 Å². The Bertz CT molecular complexity index is 151. The lowest BCUT2D eigenvalue weighted by Crippen LogP contribution is -2.23. The lowest BCUT2D eigenvalue weighted by Gasteiger charge is -2.04. The van der Waals surface area contributed by atoms with E-state index in [-0.39, 0.29) is 5.91 Å². The molecule has 0 radical (unpaired) electrons. The van der Waals surface area contributed by atoms with Crippen molar-refractivity contribution in [3.05, 3.63) is 0 Å². The highest BCUT2D eigenvalue weighted by Crippen LogP contribution is 2.02. The van der Waals surface area contributed by atoms with Crippen molar-refractivity contribution in [1.82, 2.24) is 5.32 Å².